The van der Waals surface area contributed by atoms with Gasteiger partial charge >= 0.3 is 11.9 Å². The van der Waals surface area contributed by atoms with Gasteiger partial charge in [0.15, 0.2) is 11.6 Å². The van der Waals surface area contributed by atoms with Gasteiger partial charge in [0, 0.05) is 31.0 Å². The molecular weight excluding hydrogens is 532 g/mol. The minimum Gasteiger partial charge on any atom is -0.466 e. The van der Waals surface area contributed by atoms with E-state index in [0.717, 1.165) is 63.1 Å². The Hall–Kier alpha value is -0.740. The Balaban J connectivity index is 0.000000319. The highest BCUT2D eigenvalue weighted by atomic mass is 79.9. The van der Waals surface area contributed by atoms with Gasteiger partial charge in [-0.2, -0.15) is 0 Å². The number of alkyl halides is 1. The van der Waals surface area contributed by atoms with Gasteiger partial charge in [0.2, 0.25) is 0 Å². The van der Waals surface area contributed by atoms with Crippen LogP contribution in [0.4, 0.5) is 0 Å². The molecule has 8 nitrogen and oxygen atoms in total. The van der Waals surface area contributed by atoms with Gasteiger partial charge < -0.3 is 28.4 Å². The number of hydrogen-bond donors (Lipinski definition) is 0. The van der Waals surface area contributed by atoms with Crippen LogP contribution in [-0.4, -0.2) is 68.5 Å². The molecule has 0 aromatic heterocycles. The van der Waals surface area contributed by atoms with E-state index in [1.54, 1.807) is 0 Å². The van der Waals surface area contributed by atoms with E-state index < -0.39 is 5.79 Å². The molecule has 4 aliphatic rings. The number of halogens is 1. The average Bonchev–Trinajstić information content (AvgIpc) is 3.52. The summed E-state index contributed by atoms with van der Waals surface area (Å²) >= 11 is 3.15. The normalized spacial score (nSPS) is 25.0. The van der Waals surface area contributed by atoms with Crippen LogP contribution >= 0.6 is 15.9 Å². The van der Waals surface area contributed by atoms with E-state index in [2.05, 4.69) is 22.9 Å². The third-order valence-electron chi connectivity index (χ3n) is 7.35. The molecule has 2 aliphatic carbocycles. The van der Waals surface area contributed by atoms with Crippen LogP contribution in [0.25, 0.3) is 0 Å². The van der Waals surface area contributed by atoms with Gasteiger partial charge in [-0.3, -0.25) is 9.59 Å². The van der Waals surface area contributed by atoms with Gasteiger partial charge in [-0.25, -0.2) is 0 Å². The van der Waals surface area contributed by atoms with Crippen LogP contribution in [0.1, 0.15) is 92.9 Å². The number of esters is 2. The third-order valence-corrected chi connectivity index (χ3v) is 7.35. The molecule has 2 spiro atoms. The van der Waals surface area contributed by atoms with Crippen molar-refractivity contribution in [1.82, 2.24) is 0 Å². The highest BCUT2D eigenvalue weighted by Crippen LogP contribution is 2.47. The number of carbonyl (C=O) groups is 2. The molecule has 4 fully saturated rings. The van der Waals surface area contributed by atoms with Gasteiger partial charge in [0.25, 0.3) is 0 Å². The van der Waals surface area contributed by atoms with Crippen molar-refractivity contribution in [3.8, 4) is 0 Å². The lowest BCUT2D eigenvalue weighted by Crippen LogP contribution is -2.44. The lowest BCUT2D eigenvalue weighted by atomic mass is 9.70. The van der Waals surface area contributed by atoms with Crippen molar-refractivity contribution in [2.24, 2.45) is 11.3 Å². The number of hydrogen-bond acceptors (Lipinski definition) is 8. The molecule has 0 unspecified atom stereocenters. The fourth-order valence-electron chi connectivity index (χ4n) is 5.22. The van der Waals surface area contributed by atoms with Crippen LogP contribution < -0.4 is 0 Å². The van der Waals surface area contributed by atoms with E-state index in [1.165, 1.54) is 0 Å². The van der Waals surface area contributed by atoms with Crippen LogP contribution in [0.2, 0.25) is 0 Å². The summed E-state index contributed by atoms with van der Waals surface area (Å²) in [4.78, 5) is 23.5. The molecule has 2 aliphatic heterocycles. The summed E-state index contributed by atoms with van der Waals surface area (Å²) in [6, 6.07) is 0. The number of rotatable bonds is 5. The zero-order valence-electron chi connectivity index (χ0n) is 22.0. The van der Waals surface area contributed by atoms with Gasteiger partial charge in [-0.15, -0.1) is 0 Å². The smallest absolute Gasteiger partial charge is 0.312 e. The lowest BCUT2D eigenvalue weighted by molar-refractivity contribution is -0.199. The zero-order chi connectivity index (χ0) is 25.8. The van der Waals surface area contributed by atoms with Gasteiger partial charge in [-0.1, -0.05) is 37.2 Å². The summed E-state index contributed by atoms with van der Waals surface area (Å²) in [7, 11) is 0. The topological polar surface area (TPSA) is 89.5 Å². The second-order valence-electron chi connectivity index (χ2n) is 9.36. The van der Waals surface area contributed by atoms with E-state index in [1.807, 2.05) is 20.8 Å². The molecule has 0 N–H and O–H groups in total. The molecule has 0 aromatic carbocycles. The van der Waals surface area contributed by atoms with E-state index in [9.17, 15) is 9.59 Å². The van der Waals surface area contributed by atoms with E-state index in [-0.39, 0.29) is 36.5 Å². The largest absolute Gasteiger partial charge is 0.466 e. The predicted molar refractivity (Wildman–Crippen MR) is 142 cm³/mol. The second kappa shape index (κ2) is 16.3. The van der Waals surface area contributed by atoms with Crippen molar-refractivity contribution in [3.63, 3.8) is 0 Å². The standard InChI is InChI=1S/C13H22O4.C11H18O4.C2H5Br.CH4/c1-3-12(11(14)15-4-2)5-7-13(8-6-12)16-9-10-17-13;1-2-13-10(12)9-3-5-11(6-4-9)14-7-8-15-11;1-2-3;/h3-10H2,1-2H3;9H,2-8H2,1H3;2H2,1H3;1H4. The Bertz CT molecular complexity index is 624. The molecular formula is C27H49BrO8. The van der Waals surface area contributed by atoms with E-state index in [4.69, 9.17) is 28.4 Å². The highest BCUT2D eigenvalue weighted by molar-refractivity contribution is 9.09. The van der Waals surface area contributed by atoms with Crippen LogP contribution in [0.5, 0.6) is 0 Å². The first kappa shape index (κ1) is 33.3. The molecule has 36 heavy (non-hydrogen) atoms. The Kier molecular flexibility index (Phi) is 15.0. The van der Waals surface area contributed by atoms with Crippen molar-refractivity contribution in [1.29, 1.82) is 0 Å². The second-order valence-corrected chi connectivity index (χ2v) is 10.5. The maximum Gasteiger partial charge on any atom is 0.312 e. The molecule has 0 aromatic rings. The summed E-state index contributed by atoms with van der Waals surface area (Å²) in [6.07, 6.45) is 7.33. The van der Waals surface area contributed by atoms with Crippen LogP contribution in [0.15, 0.2) is 0 Å². The molecule has 0 amide bonds. The van der Waals surface area contributed by atoms with Crippen molar-refractivity contribution >= 4 is 27.9 Å². The molecule has 0 atom stereocenters. The minimum absolute atomic E-state index is 0. The first-order chi connectivity index (χ1) is 16.8. The number of carbonyl (C=O) groups excluding carboxylic acids is 2. The first-order valence-electron chi connectivity index (χ1n) is 13.3. The van der Waals surface area contributed by atoms with Crippen LogP contribution in [0.3, 0.4) is 0 Å². The number of ether oxygens (including phenoxy) is 6. The molecule has 2 heterocycles. The maximum absolute atomic E-state index is 12.1. The summed E-state index contributed by atoms with van der Waals surface area (Å²) in [6.45, 7) is 11.4. The quantitative estimate of drug-likeness (QED) is 0.298. The molecule has 9 heteroatoms. The average molecular weight is 582 g/mol. The Morgan fingerprint density at radius 3 is 1.56 bits per heavy atom. The van der Waals surface area contributed by atoms with E-state index in [0.29, 0.717) is 39.6 Å². The zero-order valence-corrected chi connectivity index (χ0v) is 23.6. The molecule has 4 rings (SSSR count). The van der Waals surface area contributed by atoms with Gasteiger partial charge in [0.1, 0.15) is 0 Å². The van der Waals surface area contributed by atoms with Gasteiger partial charge in [0.05, 0.1) is 51.0 Å². The van der Waals surface area contributed by atoms with Gasteiger partial charge in [-0.05, 0) is 46.0 Å². The maximum atomic E-state index is 12.1. The summed E-state index contributed by atoms with van der Waals surface area (Å²) in [5.41, 5.74) is -0.309. The molecule has 2 saturated carbocycles. The first-order valence-corrected chi connectivity index (χ1v) is 14.4. The minimum atomic E-state index is -0.398. The lowest BCUT2D eigenvalue weighted by Gasteiger charge is -2.41. The third kappa shape index (κ3) is 8.93. The van der Waals surface area contributed by atoms with Crippen molar-refractivity contribution in [3.05, 3.63) is 0 Å². The molecule has 0 bridgehead atoms. The van der Waals surface area contributed by atoms with Crippen molar-refractivity contribution in [2.45, 2.75) is 104 Å². The summed E-state index contributed by atoms with van der Waals surface area (Å²) in [5.74, 6) is -0.835. The fraction of sp³-hybridized carbons (Fsp3) is 0.926. The molecule has 212 valence electrons. The fourth-order valence-corrected chi connectivity index (χ4v) is 5.22. The van der Waals surface area contributed by atoms with Crippen molar-refractivity contribution < 1.29 is 38.0 Å². The monoisotopic (exact) mass is 580 g/mol. The highest BCUT2D eigenvalue weighted by Gasteiger charge is 2.49. The molecule has 0 radical (unpaired) electrons. The molecule has 2 saturated heterocycles. The summed E-state index contributed by atoms with van der Waals surface area (Å²) in [5, 5.41) is 1.06. The Morgan fingerprint density at radius 2 is 1.17 bits per heavy atom. The Morgan fingerprint density at radius 1 is 0.750 bits per heavy atom. The Labute approximate surface area is 226 Å². The predicted octanol–water partition coefficient (Wildman–Crippen LogP) is 5.78. The van der Waals surface area contributed by atoms with Crippen LogP contribution in [-0.2, 0) is 38.0 Å². The van der Waals surface area contributed by atoms with Crippen LogP contribution in [0, 0.1) is 11.3 Å². The van der Waals surface area contributed by atoms with Crippen molar-refractivity contribution in [2.75, 3.05) is 45.0 Å². The van der Waals surface area contributed by atoms with E-state index >= 15 is 0 Å². The summed E-state index contributed by atoms with van der Waals surface area (Å²) < 4.78 is 32.8. The SMILES string of the molecule is C.CCBr.CCOC(=O)C1(CC)CCC2(CC1)OCCO2.CCOC(=O)C1CCC2(CC1)OCCO2.